The molecule has 5 nitrogen and oxygen atoms in total. The molecule has 0 aliphatic carbocycles. The van der Waals surface area contributed by atoms with Crippen LogP contribution in [-0.4, -0.2) is 24.6 Å². The van der Waals surface area contributed by atoms with E-state index in [-0.39, 0.29) is 0 Å². The van der Waals surface area contributed by atoms with Gasteiger partial charge in [-0.25, -0.2) is 18.4 Å². The maximum absolute atomic E-state index is 11.4. The summed E-state index contributed by atoms with van der Waals surface area (Å²) in [6.45, 7) is 0. The van der Waals surface area contributed by atoms with Gasteiger partial charge in [-0.15, -0.1) is 0 Å². The molecule has 2 N–H and O–H groups in total. The van der Waals surface area contributed by atoms with Gasteiger partial charge in [0.25, 0.3) is 0 Å². The van der Waals surface area contributed by atoms with E-state index in [1.807, 2.05) is 12.1 Å². The Hall–Kier alpha value is -1.99. The second-order valence-electron chi connectivity index (χ2n) is 4.37. The molecule has 0 bridgehead atoms. The van der Waals surface area contributed by atoms with Crippen LogP contribution in [0.15, 0.2) is 41.3 Å². The summed E-state index contributed by atoms with van der Waals surface area (Å²) in [4.78, 5) is 9.70. The molecule has 7 heteroatoms. The fourth-order valence-corrected chi connectivity index (χ4v) is 3.20. The highest BCUT2D eigenvalue weighted by Crippen LogP contribution is 2.26. The van der Waals surface area contributed by atoms with Crippen molar-refractivity contribution in [3.63, 3.8) is 0 Å². The molecule has 0 saturated carbocycles. The van der Waals surface area contributed by atoms with E-state index in [2.05, 4.69) is 9.97 Å². The molecule has 0 amide bonds. The fourth-order valence-electron chi connectivity index (χ4n) is 1.87. The van der Waals surface area contributed by atoms with Crippen molar-refractivity contribution in [1.82, 2.24) is 9.97 Å². The number of nitrogen functional groups attached to an aromatic ring is 1. The standard InChI is InChI=1S/C13H11N3O2S2/c1-20(17,18)9-4-2-8(3-5-9)10-6-7-11-12(15-10)19-13(14)16-11/h2-7H,1H3,(H2,14,16). The number of nitrogens with zero attached hydrogens (tertiary/aromatic N) is 2. The molecule has 2 aromatic heterocycles. The Balaban J connectivity index is 2.06. The van der Waals surface area contributed by atoms with Crippen LogP contribution < -0.4 is 5.73 Å². The molecule has 1 aromatic carbocycles. The van der Waals surface area contributed by atoms with Gasteiger partial charge >= 0.3 is 0 Å². The summed E-state index contributed by atoms with van der Waals surface area (Å²) in [7, 11) is -3.18. The Morgan fingerprint density at radius 1 is 1.05 bits per heavy atom. The van der Waals surface area contributed by atoms with Crippen molar-refractivity contribution in [2.45, 2.75) is 4.90 Å². The maximum Gasteiger partial charge on any atom is 0.182 e. The molecule has 0 aliphatic heterocycles. The lowest BCUT2D eigenvalue weighted by Crippen LogP contribution is -1.96. The predicted octanol–water partition coefficient (Wildman–Crippen LogP) is 2.34. The average molecular weight is 305 g/mol. The lowest BCUT2D eigenvalue weighted by atomic mass is 10.1. The SMILES string of the molecule is CS(=O)(=O)c1ccc(-c2ccc3nc(N)sc3n2)cc1. The summed E-state index contributed by atoms with van der Waals surface area (Å²) in [5, 5.41) is 0.483. The minimum atomic E-state index is -3.18. The van der Waals surface area contributed by atoms with Gasteiger partial charge in [-0.3, -0.25) is 0 Å². The van der Waals surface area contributed by atoms with Crippen LogP contribution in [0.4, 0.5) is 5.13 Å². The molecule has 3 aromatic rings. The van der Waals surface area contributed by atoms with Crippen molar-refractivity contribution in [3.05, 3.63) is 36.4 Å². The molecule has 0 atom stereocenters. The third kappa shape index (κ3) is 2.37. The smallest absolute Gasteiger partial charge is 0.182 e. The van der Waals surface area contributed by atoms with Crippen molar-refractivity contribution >= 4 is 36.7 Å². The maximum atomic E-state index is 11.4. The Labute approximate surface area is 120 Å². The van der Waals surface area contributed by atoms with Crippen molar-refractivity contribution in [2.75, 3.05) is 12.0 Å². The van der Waals surface area contributed by atoms with E-state index in [0.29, 0.717) is 10.0 Å². The molecule has 20 heavy (non-hydrogen) atoms. The zero-order valence-electron chi connectivity index (χ0n) is 10.6. The van der Waals surface area contributed by atoms with E-state index in [1.165, 1.54) is 17.6 Å². The molecule has 0 spiro atoms. The predicted molar refractivity (Wildman–Crippen MR) is 80.4 cm³/mol. The molecule has 102 valence electrons. The first-order valence-corrected chi connectivity index (χ1v) is 8.48. The Morgan fingerprint density at radius 2 is 1.75 bits per heavy atom. The molecular formula is C13H11N3O2S2. The fraction of sp³-hybridized carbons (Fsp3) is 0.0769. The molecule has 0 saturated heterocycles. The third-order valence-electron chi connectivity index (χ3n) is 2.85. The number of benzene rings is 1. The van der Waals surface area contributed by atoms with Crippen molar-refractivity contribution in [1.29, 1.82) is 0 Å². The number of aromatic nitrogens is 2. The van der Waals surface area contributed by atoms with Crippen LogP contribution in [0.1, 0.15) is 0 Å². The molecule has 0 aliphatic rings. The highest BCUT2D eigenvalue weighted by Gasteiger charge is 2.09. The Morgan fingerprint density at radius 3 is 2.40 bits per heavy atom. The third-order valence-corrected chi connectivity index (χ3v) is 4.77. The summed E-state index contributed by atoms with van der Waals surface area (Å²) in [6.07, 6.45) is 1.19. The van der Waals surface area contributed by atoms with Crippen LogP contribution in [0, 0.1) is 0 Å². The van der Waals surface area contributed by atoms with Gasteiger partial charge in [-0.1, -0.05) is 23.5 Å². The van der Waals surface area contributed by atoms with Crippen molar-refractivity contribution in [2.24, 2.45) is 0 Å². The second kappa shape index (κ2) is 4.53. The zero-order chi connectivity index (χ0) is 14.3. The van der Waals surface area contributed by atoms with Crippen molar-refractivity contribution < 1.29 is 8.42 Å². The summed E-state index contributed by atoms with van der Waals surface area (Å²) in [6, 6.07) is 10.4. The molecule has 0 radical (unpaired) electrons. The molecule has 0 unspecified atom stereocenters. The number of fused-ring (bicyclic) bond motifs is 1. The summed E-state index contributed by atoms with van der Waals surface area (Å²) in [5.41, 5.74) is 8.03. The second-order valence-corrected chi connectivity index (χ2v) is 7.39. The highest BCUT2D eigenvalue weighted by atomic mass is 32.2. The molecule has 0 fully saturated rings. The summed E-state index contributed by atoms with van der Waals surface area (Å²) < 4.78 is 22.8. The number of sulfone groups is 1. The highest BCUT2D eigenvalue weighted by molar-refractivity contribution is 7.90. The van der Waals surface area contributed by atoms with Gasteiger partial charge in [0, 0.05) is 11.8 Å². The van der Waals surface area contributed by atoms with Crippen LogP contribution in [0.2, 0.25) is 0 Å². The van der Waals surface area contributed by atoms with Gasteiger partial charge in [-0.05, 0) is 24.3 Å². The Kier molecular flexibility index (Phi) is 2.95. The quantitative estimate of drug-likeness (QED) is 0.785. The van der Waals surface area contributed by atoms with Crippen LogP contribution in [0.5, 0.6) is 0 Å². The van der Waals surface area contributed by atoms with E-state index in [0.717, 1.165) is 21.6 Å². The van der Waals surface area contributed by atoms with E-state index >= 15 is 0 Å². The first kappa shape index (κ1) is 13.0. The van der Waals surface area contributed by atoms with Gasteiger partial charge in [0.15, 0.2) is 15.0 Å². The van der Waals surface area contributed by atoms with Gasteiger partial charge in [0.1, 0.15) is 10.3 Å². The van der Waals surface area contributed by atoms with E-state index in [1.54, 1.807) is 24.3 Å². The Bertz CT molecular complexity index is 884. The molecular weight excluding hydrogens is 294 g/mol. The molecule has 2 heterocycles. The monoisotopic (exact) mass is 305 g/mol. The number of nitrogens with two attached hydrogens (primary N) is 1. The van der Waals surface area contributed by atoms with Gasteiger partial charge in [0.2, 0.25) is 0 Å². The van der Waals surface area contributed by atoms with Gasteiger partial charge < -0.3 is 5.73 Å². The summed E-state index contributed by atoms with van der Waals surface area (Å²) >= 11 is 1.33. The number of hydrogen-bond donors (Lipinski definition) is 1. The average Bonchev–Trinajstić information content (AvgIpc) is 2.77. The normalized spacial score (nSPS) is 11.8. The molecule has 3 rings (SSSR count). The first-order valence-electron chi connectivity index (χ1n) is 5.77. The van der Waals surface area contributed by atoms with Crippen molar-refractivity contribution in [3.8, 4) is 11.3 Å². The number of rotatable bonds is 2. The number of pyridine rings is 1. The minimum Gasteiger partial charge on any atom is -0.375 e. The number of hydrogen-bond acceptors (Lipinski definition) is 6. The number of anilines is 1. The largest absolute Gasteiger partial charge is 0.375 e. The van der Waals surface area contributed by atoms with Crippen LogP contribution in [0.25, 0.3) is 21.6 Å². The van der Waals surface area contributed by atoms with E-state index < -0.39 is 9.84 Å². The number of thiazole rings is 1. The van der Waals surface area contributed by atoms with Gasteiger partial charge in [0.05, 0.1) is 10.6 Å². The topological polar surface area (TPSA) is 85.9 Å². The first-order chi connectivity index (χ1) is 9.43. The summed E-state index contributed by atoms with van der Waals surface area (Å²) in [5.74, 6) is 0. The van der Waals surface area contributed by atoms with Gasteiger partial charge in [-0.2, -0.15) is 0 Å². The van der Waals surface area contributed by atoms with Crippen LogP contribution in [0.3, 0.4) is 0 Å². The zero-order valence-corrected chi connectivity index (χ0v) is 12.2. The lowest BCUT2D eigenvalue weighted by Gasteiger charge is -2.02. The van der Waals surface area contributed by atoms with Crippen LogP contribution in [-0.2, 0) is 9.84 Å². The van der Waals surface area contributed by atoms with E-state index in [9.17, 15) is 8.42 Å². The minimum absolute atomic E-state index is 0.296. The van der Waals surface area contributed by atoms with Crippen LogP contribution >= 0.6 is 11.3 Å². The lowest BCUT2D eigenvalue weighted by molar-refractivity contribution is 0.602. The van der Waals surface area contributed by atoms with E-state index in [4.69, 9.17) is 5.73 Å².